The summed E-state index contributed by atoms with van der Waals surface area (Å²) in [5, 5.41) is 0. The molecule has 120 valence electrons. The monoisotopic (exact) mass is 309 g/mol. The van der Waals surface area contributed by atoms with Crippen LogP contribution in [0.25, 0.3) is 11.3 Å². The quantitative estimate of drug-likeness (QED) is 0.842. The average molecular weight is 309 g/mol. The Balaban J connectivity index is 1.87. The highest BCUT2D eigenvalue weighted by atomic mass is 15.2. The minimum atomic E-state index is 0.194. The van der Waals surface area contributed by atoms with Crippen molar-refractivity contribution >= 4 is 11.8 Å². The lowest BCUT2D eigenvalue weighted by atomic mass is 10.0. The molecular weight excluding hydrogens is 286 g/mol. The first-order chi connectivity index (χ1) is 11.1. The van der Waals surface area contributed by atoms with Gasteiger partial charge in [-0.25, -0.2) is 4.98 Å². The van der Waals surface area contributed by atoms with E-state index in [1.54, 1.807) is 0 Å². The zero-order valence-electron chi connectivity index (χ0n) is 13.5. The molecule has 5 nitrogen and oxygen atoms in total. The van der Waals surface area contributed by atoms with E-state index in [-0.39, 0.29) is 6.04 Å². The number of nitrogens with zero attached hydrogens (tertiary/aromatic N) is 3. The minimum Gasteiger partial charge on any atom is -0.368 e. The van der Waals surface area contributed by atoms with Crippen LogP contribution >= 0.6 is 0 Å². The first-order valence-corrected chi connectivity index (χ1v) is 8.38. The standard InChI is InChI=1S/C18H23N5/c1-11-9-23(10-15(11)19)17-14-8-4-6-12-5-2-3-7-13(12)16(14)21-18(20)22-17/h2-3,5,7,11,15H,4,6,8-10,19H2,1H3,(H2,20,21,22)/t11-,15-/m0/s1. The summed E-state index contributed by atoms with van der Waals surface area (Å²) in [6.45, 7) is 3.97. The lowest BCUT2D eigenvalue weighted by Gasteiger charge is -2.22. The molecule has 0 spiro atoms. The molecule has 1 fully saturated rings. The molecule has 2 aromatic rings. The first-order valence-electron chi connectivity index (χ1n) is 8.38. The van der Waals surface area contributed by atoms with Gasteiger partial charge in [-0.3, -0.25) is 0 Å². The molecule has 4 rings (SSSR count). The fourth-order valence-corrected chi connectivity index (χ4v) is 3.79. The second-order valence-corrected chi connectivity index (χ2v) is 6.79. The van der Waals surface area contributed by atoms with Gasteiger partial charge in [0.2, 0.25) is 5.95 Å². The fourth-order valence-electron chi connectivity index (χ4n) is 3.79. The Labute approximate surface area is 136 Å². The van der Waals surface area contributed by atoms with Crippen LogP contribution < -0.4 is 16.4 Å². The topological polar surface area (TPSA) is 81.1 Å². The maximum absolute atomic E-state index is 6.21. The minimum absolute atomic E-state index is 0.194. The Kier molecular flexibility index (Phi) is 3.45. The number of rotatable bonds is 1. The average Bonchev–Trinajstić information content (AvgIpc) is 2.77. The molecule has 1 aliphatic heterocycles. The van der Waals surface area contributed by atoms with E-state index in [0.717, 1.165) is 43.9 Å². The number of nitrogen functional groups attached to an aromatic ring is 1. The van der Waals surface area contributed by atoms with Gasteiger partial charge in [0, 0.05) is 30.3 Å². The summed E-state index contributed by atoms with van der Waals surface area (Å²) in [4.78, 5) is 11.5. The summed E-state index contributed by atoms with van der Waals surface area (Å²) < 4.78 is 0. The Morgan fingerprint density at radius 1 is 1.13 bits per heavy atom. The largest absolute Gasteiger partial charge is 0.368 e. The zero-order valence-corrected chi connectivity index (χ0v) is 13.5. The first kappa shape index (κ1) is 14.5. The van der Waals surface area contributed by atoms with Crippen molar-refractivity contribution < 1.29 is 0 Å². The zero-order chi connectivity index (χ0) is 16.0. The Morgan fingerprint density at radius 3 is 2.74 bits per heavy atom. The SMILES string of the molecule is C[C@H]1CN(c2nc(N)nc3c2CCCc2ccccc2-3)C[C@@H]1N. The van der Waals surface area contributed by atoms with E-state index in [4.69, 9.17) is 11.5 Å². The lowest BCUT2D eigenvalue weighted by molar-refractivity contribution is 0.566. The van der Waals surface area contributed by atoms with Gasteiger partial charge in [0.25, 0.3) is 0 Å². The lowest BCUT2D eigenvalue weighted by Crippen LogP contribution is -2.29. The molecular formula is C18H23N5. The molecule has 0 amide bonds. The molecule has 0 radical (unpaired) electrons. The van der Waals surface area contributed by atoms with Crippen molar-refractivity contribution in [2.75, 3.05) is 23.7 Å². The molecule has 1 aliphatic carbocycles. The van der Waals surface area contributed by atoms with Crippen LogP contribution in [0.3, 0.4) is 0 Å². The Bertz CT molecular complexity index is 732. The van der Waals surface area contributed by atoms with Crippen molar-refractivity contribution in [3.05, 3.63) is 35.4 Å². The molecule has 5 heteroatoms. The van der Waals surface area contributed by atoms with Crippen molar-refractivity contribution in [3.8, 4) is 11.3 Å². The number of benzene rings is 1. The molecule has 2 atom stereocenters. The van der Waals surface area contributed by atoms with Crippen LogP contribution in [-0.4, -0.2) is 29.1 Å². The van der Waals surface area contributed by atoms with Crippen LogP contribution in [0, 0.1) is 5.92 Å². The maximum atomic E-state index is 6.21. The van der Waals surface area contributed by atoms with E-state index in [9.17, 15) is 0 Å². The molecule has 0 saturated carbocycles. The number of hydrogen-bond acceptors (Lipinski definition) is 5. The molecule has 2 heterocycles. The van der Waals surface area contributed by atoms with Crippen LogP contribution in [0.4, 0.5) is 11.8 Å². The number of anilines is 2. The van der Waals surface area contributed by atoms with Gasteiger partial charge >= 0.3 is 0 Å². The van der Waals surface area contributed by atoms with Crippen LogP contribution in [0.15, 0.2) is 24.3 Å². The number of fused-ring (bicyclic) bond motifs is 3. The summed E-state index contributed by atoms with van der Waals surface area (Å²) >= 11 is 0. The van der Waals surface area contributed by atoms with E-state index < -0.39 is 0 Å². The molecule has 0 unspecified atom stereocenters. The van der Waals surface area contributed by atoms with Crippen molar-refractivity contribution in [1.29, 1.82) is 0 Å². The van der Waals surface area contributed by atoms with Crippen LogP contribution in [-0.2, 0) is 12.8 Å². The molecule has 23 heavy (non-hydrogen) atoms. The van der Waals surface area contributed by atoms with E-state index >= 15 is 0 Å². The van der Waals surface area contributed by atoms with Crippen molar-refractivity contribution in [1.82, 2.24) is 9.97 Å². The van der Waals surface area contributed by atoms with Gasteiger partial charge in [0.15, 0.2) is 0 Å². The van der Waals surface area contributed by atoms with E-state index in [1.807, 2.05) is 0 Å². The third kappa shape index (κ3) is 2.45. The molecule has 0 bridgehead atoms. The Morgan fingerprint density at radius 2 is 1.96 bits per heavy atom. The van der Waals surface area contributed by atoms with E-state index in [0.29, 0.717) is 11.9 Å². The second kappa shape index (κ2) is 5.49. The van der Waals surface area contributed by atoms with Gasteiger partial charge in [-0.2, -0.15) is 4.98 Å². The summed E-state index contributed by atoms with van der Waals surface area (Å²) in [6.07, 6.45) is 3.17. The van der Waals surface area contributed by atoms with E-state index in [2.05, 4.69) is 46.1 Å². The maximum Gasteiger partial charge on any atom is 0.222 e. The predicted molar refractivity (Wildman–Crippen MR) is 93.3 cm³/mol. The predicted octanol–water partition coefficient (Wildman–Crippen LogP) is 2.00. The van der Waals surface area contributed by atoms with Crippen molar-refractivity contribution in [2.45, 2.75) is 32.2 Å². The van der Waals surface area contributed by atoms with Gasteiger partial charge in [0.05, 0.1) is 5.69 Å². The summed E-state index contributed by atoms with van der Waals surface area (Å²) in [5.41, 5.74) is 17.0. The van der Waals surface area contributed by atoms with Crippen LogP contribution in [0.5, 0.6) is 0 Å². The molecule has 1 saturated heterocycles. The van der Waals surface area contributed by atoms with Crippen molar-refractivity contribution in [2.24, 2.45) is 11.7 Å². The second-order valence-electron chi connectivity index (χ2n) is 6.79. The van der Waals surface area contributed by atoms with Gasteiger partial charge in [0.1, 0.15) is 5.82 Å². The highest BCUT2D eigenvalue weighted by Gasteiger charge is 2.31. The summed E-state index contributed by atoms with van der Waals surface area (Å²) in [5.74, 6) is 1.81. The fraction of sp³-hybridized carbons (Fsp3) is 0.444. The number of aromatic nitrogens is 2. The van der Waals surface area contributed by atoms with Crippen LogP contribution in [0.1, 0.15) is 24.5 Å². The number of aryl methyl sites for hydroxylation is 1. The molecule has 2 aliphatic rings. The number of hydrogen-bond donors (Lipinski definition) is 2. The summed E-state index contributed by atoms with van der Waals surface area (Å²) in [7, 11) is 0. The van der Waals surface area contributed by atoms with Gasteiger partial charge in [-0.1, -0.05) is 31.2 Å². The van der Waals surface area contributed by atoms with Gasteiger partial charge in [-0.05, 0) is 30.7 Å². The summed E-state index contributed by atoms with van der Waals surface area (Å²) in [6, 6.07) is 8.69. The molecule has 1 aromatic carbocycles. The molecule has 4 N–H and O–H groups in total. The van der Waals surface area contributed by atoms with Gasteiger partial charge < -0.3 is 16.4 Å². The van der Waals surface area contributed by atoms with Crippen molar-refractivity contribution in [3.63, 3.8) is 0 Å². The molecule has 1 aromatic heterocycles. The normalized spacial score (nSPS) is 23.3. The smallest absolute Gasteiger partial charge is 0.222 e. The van der Waals surface area contributed by atoms with Gasteiger partial charge in [-0.15, -0.1) is 0 Å². The highest BCUT2D eigenvalue weighted by molar-refractivity contribution is 5.74. The Hall–Kier alpha value is -2.14. The van der Waals surface area contributed by atoms with E-state index in [1.165, 1.54) is 16.7 Å². The highest BCUT2D eigenvalue weighted by Crippen LogP contribution is 2.37. The third-order valence-corrected chi connectivity index (χ3v) is 5.12. The van der Waals surface area contributed by atoms with Crippen LogP contribution in [0.2, 0.25) is 0 Å². The third-order valence-electron chi connectivity index (χ3n) is 5.12. The number of nitrogens with two attached hydrogens (primary N) is 2.